The van der Waals surface area contributed by atoms with Crippen molar-refractivity contribution in [2.75, 3.05) is 51.5 Å². The van der Waals surface area contributed by atoms with Crippen molar-refractivity contribution in [2.45, 2.75) is 6.54 Å². The first kappa shape index (κ1) is 18.4. The number of hydrogen-bond donors (Lipinski definition) is 2. The number of nitrogens with one attached hydrogen (secondary N) is 2. The number of benzene rings is 2. The Morgan fingerprint density at radius 1 is 1.14 bits per heavy atom. The number of methoxy groups -OCH3 is 1. The molecule has 1 saturated heterocycles. The number of piperazine rings is 1. The van der Waals surface area contributed by atoms with Gasteiger partial charge in [0, 0.05) is 6.54 Å². The molecule has 0 unspecified atom stereocenters. The lowest BCUT2D eigenvalue weighted by molar-refractivity contribution is -0.892. The molecule has 1 fully saturated rings. The zero-order valence-corrected chi connectivity index (χ0v) is 16.1. The van der Waals surface area contributed by atoms with Crippen molar-refractivity contribution in [1.82, 2.24) is 5.32 Å². The Bertz CT molecular complexity index is 834. The Balaban J connectivity index is 1.24. The quantitative estimate of drug-likeness (QED) is 0.757. The molecule has 7 nitrogen and oxygen atoms in total. The smallest absolute Gasteiger partial charge is 0.275 e. The summed E-state index contributed by atoms with van der Waals surface area (Å²) in [6.45, 7) is 4.91. The lowest BCUT2D eigenvalue weighted by Crippen LogP contribution is -3.15. The highest BCUT2D eigenvalue weighted by molar-refractivity contribution is 5.76. The first-order valence-electron chi connectivity index (χ1n) is 9.59. The maximum Gasteiger partial charge on any atom is 0.275 e. The molecule has 2 heterocycles. The van der Waals surface area contributed by atoms with Gasteiger partial charge in [0.15, 0.2) is 18.0 Å². The van der Waals surface area contributed by atoms with Crippen LogP contribution in [-0.2, 0) is 11.3 Å². The molecule has 2 aliphatic rings. The summed E-state index contributed by atoms with van der Waals surface area (Å²) in [7, 11) is 1.70. The van der Waals surface area contributed by atoms with Crippen LogP contribution >= 0.6 is 0 Å². The number of carbonyl (C=O) groups excluding carboxylic acids is 1. The molecule has 0 atom stereocenters. The van der Waals surface area contributed by atoms with Crippen LogP contribution in [-0.4, -0.2) is 52.5 Å². The predicted molar refractivity (Wildman–Crippen MR) is 105 cm³/mol. The van der Waals surface area contributed by atoms with Crippen molar-refractivity contribution < 1.29 is 23.9 Å². The number of rotatable bonds is 6. The number of amides is 1. The molecule has 2 N–H and O–H groups in total. The van der Waals surface area contributed by atoms with Gasteiger partial charge >= 0.3 is 0 Å². The molecule has 0 bridgehead atoms. The summed E-state index contributed by atoms with van der Waals surface area (Å²) in [4.78, 5) is 16.0. The second-order valence-electron chi connectivity index (χ2n) is 7.05. The van der Waals surface area contributed by atoms with E-state index in [9.17, 15) is 4.79 Å². The van der Waals surface area contributed by atoms with Crippen LogP contribution in [0, 0.1) is 0 Å². The van der Waals surface area contributed by atoms with Crippen LogP contribution in [0.2, 0.25) is 0 Å². The first-order chi connectivity index (χ1) is 13.7. The molecule has 7 heteroatoms. The summed E-state index contributed by atoms with van der Waals surface area (Å²) in [5, 5.41) is 3.01. The zero-order valence-electron chi connectivity index (χ0n) is 16.1. The fourth-order valence-electron chi connectivity index (χ4n) is 3.67. The van der Waals surface area contributed by atoms with E-state index in [1.807, 2.05) is 36.4 Å². The number of quaternary nitrogens is 1. The van der Waals surface area contributed by atoms with E-state index in [0.717, 1.165) is 54.7 Å². The van der Waals surface area contributed by atoms with Crippen molar-refractivity contribution in [3.8, 4) is 17.2 Å². The summed E-state index contributed by atoms with van der Waals surface area (Å²) in [5.74, 6) is 2.46. The Labute approximate surface area is 164 Å². The minimum absolute atomic E-state index is 0.0680. The Morgan fingerprint density at radius 2 is 1.93 bits per heavy atom. The number of anilines is 1. The van der Waals surface area contributed by atoms with Gasteiger partial charge in [0.1, 0.15) is 5.75 Å². The molecular weight excluding hydrogens is 358 g/mol. The van der Waals surface area contributed by atoms with E-state index >= 15 is 0 Å². The fraction of sp³-hybridized carbons (Fsp3) is 0.381. The van der Waals surface area contributed by atoms with Gasteiger partial charge in [-0.15, -0.1) is 0 Å². The van der Waals surface area contributed by atoms with Gasteiger partial charge in [0.2, 0.25) is 6.79 Å². The second kappa shape index (κ2) is 8.39. The van der Waals surface area contributed by atoms with Gasteiger partial charge < -0.3 is 29.3 Å². The minimum atomic E-state index is 0.0680. The summed E-state index contributed by atoms with van der Waals surface area (Å²) < 4.78 is 16.2. The molecule has 148 valence electrons. The molecule has 2 aromatic rings. The number of nitrogens with zero attached hydrogens (tertiary/aromatic N) is 1. The predicted octanol–water partition coefficient (Wildman–Crippen LogP) is 0.445. The number of carbonyl (C=O) groups is 1. The molecule has 2 aliphatic heterocycles. The molecule has 0 aliphatic carbocycles. The highest BCUT2D eigenvalue weighted by Gasteiger charge is 2.24. The Morgan fingerprint density at radius 3 is 2.75 bits per heavy atom. The van der Waals surface area contributed by atoms with Crippen LogP contribution in [0.3, 0.4) is 0 Å². The summed E-state index contributed by atoms with van der Waals surface area (Å²) in [6.07, 6.45) is 0. The normalized spacial score (nSPS) is 16.1. The standard InChI is InChI=1S/C21H25N3O4/c1-26-18-5-3-2-4-17(18)24-10-8-23(9-11-24)14-21(25)22-13-16-6-7-19-20(12-16)28-15-27-19/h2-7,12H,8-11,13-15H2,1H3,(H,22,25)/p+1. The summed E-state index contributed by atoms with van der Waals surface area (Å²) in [6, 6.07) is 13.8. The largest absolute Gasteiger partial charge is 0.495 e. The van der Waals surface area contributed by atoms with Crippen LogP contribution in [0.25, 0.3) is 0 Å². The molecule has 0 radical (unpaired) electrons. The van der Waals surface area contributed by atoms with Crippen molar-refractivity contribution in [2.24, 2.45) is 0 Å². The van der Waals surface area contributed by atoms with Gasteiger partial charge in [-0.2, -0.15) is 0 Å². The van der Waals surface area contributed by atoms with E-state index in [2.05, 4.69) is 16.3 Å². The van der Waals surface area contributed by atoms with Crippen molar-refractivity contribution in [1.29, 1.82) is 0 Å². The van der Waals surface area contributed by atoms with E-state index in [-0.39, 0.29) is 12.7 Å². The minimum Gasteiger partial charge on any atom is -0.495 e. The highest BCUT2D eigenvalue weighted by Crippen LogP contribution is 2.32. The molecule has 0 aromatic heterocycles. The van der Waals surface area contributed by atoms with Gasteiger partial charge in [-0.3, -0.25) is 4.79 Å². The third kappa shape index (κ3) is 4.14. The first-order valence-corrected chi connectivity index (χ1v) is 9.59. The van der Waals surface area contributed by atoms with Crippen molar-refractivity contribution in [3.05, 3.63) is 48.0 Å². The van der Waals surface area contributed by atoms with Gasteiger partial charge in [-0.1, -0.05) is 18.2 Å². The third-order valence-corrected chi connectivity index (χ3v) is 5.23. The lowest BCUT2D eigenvalue weighted by atomic mass is 10.2. The number of hydrogen-bond acceptors (Lipinski definition) is 5. The van der Waals surface area contributed by atoms with Crippen molar-refractivity contribution in [3.63, 3.8) is 0 Å². The van der Waals surface area contributed by atoms with Crippen LogP contribution in [0.4, 0.5) is 5.69 Å². The molecule has 0 spiro atoms. The summed E-state index contributed by atoms with van der Waals surface area (Å²) >= 11 is 0. The van der Waals surface area contributed by atoms with Crippen LogP contribution in [0.1, 0.15) is 5.56 Å². The fourth-order valence-corrected chi connectivity index (χ4v) is 3.67. The van der Waals surface area contributed by atoms with Gasteiger partial charge in [0.25, 0.3) is 5.91 Å². The van der Waals surface area contributed by atoms with Crippen LogP contribution in [0.5, 0.6) is 17.2 Å². The molecular formula is C21H26N3O4+. The Kier molecular flexibility index (Phi) is 5.53. The van der Waals surface area contributed by atoms with E-state index in [0.29, 0.717) is 13.1 Å². The van der Waals surface area contributed by atoms with E-state index in [4.69, 9.17) is 14.2 Å². The second-order valence-corrected chi connectivity index (χ2v) is 7.05. The van der Waals surface area contributed by atoms with Crippen LogP contribution in [0.15, 0.2) is 42.5 Å². The average Bonchev–Trinajstić information content (AvgIpc) is 3.21. The number of para-hydroxylation sites is 2. The van der Waals surface area contributed by atoms with E-state index in [1.165, 1.54) is 4.90 Å². The molecule has 1 amide bonds. The van der Waals surface area contributed by atoms with Gasteiger partial charge in [-0.25, -0.2) is 0 Å². The maximum absolute atomic E-state index is 12.3. The van der Waals surface area contributed by atoms with Gasteiger partial charge in [-0.05, 0) is 29.8 Å². The topological polar surface area (TPSA) is 64.5 Å². The molecule has 0 saturated carbocycles. The lowest BCUT2D eigenvalue weighted by Gasteiger charge is -2.34. The van der Waals surface area contributed by atoms with E-state index in [1.54, 1.807) is 7.11 Å². The Hall–Kier alpha value is -2.93. The van der Waals surface area contributed by atoms with Crippen molar-refractivity contribution >= 4 is 11.6 Å². The number of fused-ring (bicyclic) bond motifs is 1. The van der Waals surface area contributed by atoms with Crippen LogP contribution < -0.4 is 29.3 Å². The maximum atomic E-state index is 12.3. The average molecular weight is 384 g/mol. The van der Waals surface area contributed by atoms with E-state index < -0.39 is 0 Å². The third-order valence-electron chi connectivity index (χ3n) is 5.23. The number of ether oxygens (including phenoxy) is 3. The monoisotopic (exact) mass is 384 g/mol. The molecule has 2 aromatic carbocycles. The summed E-state index contributed by atoms with van der Waals surface area (Å²) in [5.41, 5.74) is 2.13. The highest BCUT2D eigenvalue weighted by atomic mass is 16.7. The SMILES string of the molecule is COc1ccccc1N1CC[NH+](CC(=O)NCc2ccc3c(c2)OCO3)CC1. The molecule has 4 rings (SSSR count). The molecule has 28 heavy (non-hydrogen) atoms. The zero-order chi connectivity index (χ0) is 19.3. The van der Waals surface area contributed by atoms with Gasteiger partial charge in [0.05, 0.1) is 39.0 Å².